The Morgan fingerprint density at radius 1 is 1.22 bits per heavy atom. The van der Waals surface area contributed by atoms with E-state index >= 15 is 0 Å². The molecule has 3 rings (SSSR count). The molecule has 96 valence electrons. The highest BCUT2D eigenvalue weighted by molar-refractivity contribution is 7.12. The number of imide groups is 1. The van der Waals surface area contributed by atoms with E-state index in [1.807, 2.05) is 19.1 Å². The van der Waals surface area contributed by atoms with E-state index in [4.69, 9.17) is 4.84 Å². The van der Waals surface area contributed by atoms with Crippen LogP contribution in [0.5, 0.6) is 0 Å². The van der Waals surface area contributed by atoms with Crippen LogP contribution in [0.2, 0.25) is 0 Å². The molecule has 3 atom stereocenters. The van der Waals surface area contributed by atoms with Gasteiger partial charge in [0.1, 0.15) is 0 Å². The second-order valence-corrected chi connectivity index (χ2v) is 6.05. The van der Waals surface area contributed by atoms with Crippen molar-refractivity contribution < 1.29 is 14.4 Å². The summed E-state index contributed by atoms with van der Waals surface area (Å²) in [6.45, 7) is 2.02. The number of hydrogen-bond donors (Lipinski definition) is 0. The summed E-state index contributed by atoms with van der Waals surface area (Å²) in [5.74, 6) is -0.802. The summed E-state index contributed by atoms with van der Waals surface area (Å²) in [5.41, 5.74) is 0. The molecule has 3 heterocycles. The number of likely N-dealkylation sites (N-methyl/N-ethyl adjacent to an activating group) is 1. The van der Waals surface area contributed by atoms with Crippen LogP contribution in [0, 0.1) is 12.8 Å². The van der Waals surface area contributed by atoms with Crippen molar-refractivity contribution in [1.82, 2.24) is 9.96 Å². The van der Waals surface area contributed by atoms with Crippen molar-refractivity contribution in [2.75, 3.05) is 14.1 Å². The Morgan fingerprint density at radius 3 is 2.56 bits per heavy atom. The Hall–Kier alpha value is -1.24. The predicted molar refractivity (Wildman–Crippen MR) is 65.7 cm³/mol. The van der Waals surface area contributed by atoms with Gasteiger partial charge in [-0.2, -0.15) is 5.06 Å². The smallest absolute Gasteiger partial charge is 0.261 e. The van der Waals surface area contributed by atoms with Gasteiger partial charge in [0.2, 0.25) is 5.91 Å². The van der Waals surface area contributed by atoms with E-state index in [0.29, 0.717) is 0 Å². The molecule has 2 aliphatic heterocycles. The highest BCUT2D eigenvalue weighted by Crippen LogP contribution is 2.44. The number of aryl methyl sites for hydroxylation is 1. The van der Waals surface area contributed by atoms with E-state index in [-0.39, 0.29) is 17.9 Å². The molecular weight excluding hydrogens is 252 g/mol. The molecule has 0 saturated carbocycles. The molecule has 2 amide bonds. The number of hydrogen-bond acceptors (Lipinski definition) is 5. The van der Waals surface area contributed by atoms with E-state index in [0.717, 1.165) is 4.88 Å². The summed E-state index contributed by atoms with van der Waals surface area (Å²) in [6, 6.07) is 3.87. The molecule has 6 heteroatoms. The maximum Gasteiger partial charge on any atom is 0.261 e. The van der Waals surface area contributed by atoms with Gasteiger partial charge in [-0.05, 0) is 19.1 Å². The molecule has 5 nitrogen and oxygen atoms in total. The SMILES string of the molecule is Cc1ccc([C@@H]2[C@H]3C(=O)N(C)C(=O)[C@H]3ON2C)s1. The molecule has 18 heavy (non-hydrogen) atoms. The summed E-state index contributed by atoms with van der Waals surface area (Å²) < 4.78 is 0. The number of likely N-dealkylation sites (tertiary alicyclic amines) is 1. The predicted octanol–water partition coefficient (Wildman–Crippen LogP) is 0.958. The fourth-order valence-electron chi connectivity index (χ4n) is 2.66. The van der Waals surface area contributed by atoms with Gasteiger partial charge in [0.15, 0.2) is 6.10 Å². The molecule has 2 saturated heterocycles. The van der Waals surface area contributed by atoms with Crippen molar-refractivity contribution in [2.24, 2.45) is 5.92 Å². The normalized spacial score (nSPS) is 32.4. The lowest BCUT2D eigenvalue weighted by Crippen LogP contribution is -2.33. The summed E-state index contributed by atoms with van der Waals surface area (Å²) in [6.07, 6.45) is -0.653. The summed E-state index contributed by atoms with van der Waals surface area (Å²) in [5, 5.41) is 1.64. The Kier molecular flexibility index (Phi) is 2.55. The zero-order valence-electron chi connectivity index (χ0n) is 10.4. The number of rotatable bonds is 1. The number of amides is 2. The fraction of sp³-hybridized carbons (Fsp3) is 0.500. The standard InChI is InChI=1S/C12H14N2O3S/c1-6-4-5-7(18-6)9-8-10(17-14(9)3)12(16)13(2)11(8)15/h4-5,8-10H,1-3H3/t8-,9-,10+/m1/s1. The fourth-order valence-corrected chi connectivity index (χ4v) is 3.72. The quantitative estimate of drug-likeness (QED) is 0.710. The van der Waals surface area contributed by atoms with Crippen LogP contribution in [-0.4, -0.2) is 42.0 Å². The highest BCUT2D eigenvalue weighted by atomic mass is 32.1. The first-order valence-electron chi connectivity index (χ1n) is 5.78. The number of nitrogens with zero attached hydrogens (tertiary/aromatic N) is 2. The molecule has 1 aromatic rings. The van der Waals surface area contributed by atoms with E-state index in [2.05, 4.69) is 0 Å². The minimum Gasteiger partial charge on any atom is -0.284 e. The first-order chi connectivity index (χ1) is 8.50. The first-order valence-corrected chi connectivity index (χ1v) is 6.59. The van der Waals surface area contributed by atoms with Crippen molar-refractivity contribution in [3.05, 3.63) is 21.9 Å². The molecule has 2 fully saturated rings. The van der Waals surface area contributed by atoms with Crippen LogP contribution in [0.4, 0.5) is 0 Å². The minimum atomic E-state index is -0.653. The largest absolute Gasteiger partial charge is 0.284 e. The van der Waals surface area contributed by atoms with Crippen LogP contribution in [0.1, 0.15) is 15.8 Å². The third-order valence-corrected chi connectivity index (χ3v) is 4.65. The Bertz CT molecular complexity index is 527. The van der Waals surface area contributed by atoms with Gasteiger partial charge in [0, 0.05) is 23.8 Å². The lowest BCUT2D eigenvalue weighted by atomic mass is 9.96. The molecule has 1 aromatic heterocycles. The van der Waals surface area contributed by atoms with Crippen LogP contribution >= 0.6 is 11.3 Å². The maximum atomic E-state index is 12.1. The van der Waals surface area contributed by atoms with Gasteiger partial charge in [0.25, 0.3) is 5.91 Å². The van der Waals surface area contributed by atoms with Crippen LogP contribution in [-0.2, 0) is 14.4 Å². The monoisotopic (exact) mass is 266 g/mol. The molecule has 0 spiro atoms. The van der Waals surface area contributed by atoms with Gasteiger partial charge in [-0.15, -0.1) is 11.3 Å². The van der Waals surface area contributed by atoms with Crippen molar-refractivity contribution in [3.8, 4) is 0 Å². The third kappa shape index (κ3) is 1.46. The van der Waals surface area contributed by atoms with Crippen LogP contribution in [0.3, 0.4) is 0 Å². The van der Waals surface area contributed by atoms with E-state index in [1.54, 1.807) is 23.4 Å². The number of carbonyl (C=O) groups is 2. The van der Waals surface area contributed by atoms with Gasteiger partial charge in [-0.25, -0.2) is 0 Å². The Morgan fingerprint density at radius 2 is 1.94 bits per heavy atom. The molecule has 0 aromatic carbocycles. The van der Waals surface area contributed by atoms with Gasteiger partial charge < -0.3 is 0 Å². The van der Waals surface area contributed by atoms with Crippen LogP contribution < -0.4 is 0 Å². The zero-order chi connectivity index (χ0) is 13.0. The summed E-state index contributed by atoms with van der Waals surface area (Å²) in [4.78, 5) is 33.0. The summed E-state index contributed by atoms with van der Waals surface area (Å²) >= 11 is 1.64. The van der Waals surface area contributed by atoms with Crippen molar-refractivity contribution in [3.63, 3.8) is 0 Å². The molecule has 0 aliphatic carbocycles. The molecule has 0 radical (unpaired) electrons. The van der Waals surface area contributed by atoms with Gasteiger partial charge >= 0.3 is 0 Å². The average molecular weight is 266 g/mol. The van der Waals surface area contributed by atoms with Crippen LogP contribution in [0.25, 0.3) is 0 Å². The van der Waals surface area contributed by atoms with E-state index in [1.165, 1.54) is 16.8 Å². The second kappa shape index (κ2) is 3.88. The highest BCUT2D eigenvalue weighted by Gasteiger charge is 2.57. The van der Waals surface area contributed by atoms with E-state index in [9.17, 15) is 9.59 Å². The molecule has 0 N–H and O–H groups in total. The molecule has 0 unspecified atom stereocenters. The topological polar surface area (TPSA) is 49.9 Å². The number of carbonyl (C=O) groups excluding carboxylic acids is 2. The van der Waals surface area contributed by atoms with Gasteiger partial charge in [-0.3, -0.25) is 19.3 Å². The van der Waals surface area contributed by atoms with Crippen LogP contribution in [0.15, 0.2) is 12.1 Å². The molecular formula is C12H14N2O3S. The Balaban J connectivity index is 2.00. The van der Waals surface area contributed by atoms with Crippen molar-refractivity contribution in [1.29, 1.82) is 0 Å². The number of fused-ring (bicyclic) bond motifs is 1. The van der Waals surface area contributed by atoms with E-state index < -0.39 is 12.0 Å². The maximum absolute atomic E-state index is 12.1. The third-order valence-electron chi connectivity index (χ3n) is 3.58. The zero-order valence-corrected chi connectivity index (χ0v) is 11.2. The number of thiophene rings is 1. The van der Waals surface area contributed by atoms with Crippen molar-refractivity contribution >= 4 is 23.2 Å². The lowest BCUT2D eigenvalue weighted by molar-refractivity contribution is -0.168. The minimum absolute atomic E-state index is 0.148. The second-order valence-electron chi connectivity index (χ2n) is 4.73. The first kappa shape index (κ1) is 11.8. The Labute approximate surface area is 109 Å². The average Bonchev–Trinajstić information content (AvgIpc) is 2.94. The van der Waals surface area contributed by atoms with Gasteiger partial charge in [0.05, 0.1) is 12.0 Å². The lowest BCUT2D eigenvalue weighted by Gasteiger charge is -2.21. The molecule has 2 aliphatic rings. The summed E-state index contributed by atoms with van der Waals surface area (Å²) in [7, 11) is 3.29. The molecule has 0 bridgehead atoms. The van der Waals surface area contributed by atoms with Gasteiger partial charge in [-0.1, -0.05) is 0 Å². The van der Waals surface area contributed by atoms with Crippen molar-refractivity contribution in [2.45, 2.75) is 19.1 Å². The number of hydroxylamine groups is 2.